The number of ether oxygens (including phenoxy) is 1. The molecule has 0 atom stereocenters. The minimum atomic E-state index is -4.21. The van der Waals surface area contributed by atoms with E-state index in [1.807, 2.05) is 4.90 Å². The average Bonchev–Trinajstić information content (AvgIpc) is 2.33. The Balaban J connectivity index is 1.74. The van der Waals surface area contributed by atoms with Crippen molar-refractivity contribution >= 4 is 5.97 Å². The van der Waals surface area contributed by atoms with E-state index in [-0.39, 0.29) is 5.92 Å². The van der Waals surface area contributed by atoms with Crippen molar-refractivity contribution in [2.45, 2.75) is 19.1 Å². The molecule has 2 rings (SSSR count). The summed E-state index contributed by atoms with van der Waals surface area (Å²) in [6.07, 6.45) is -5.18. The van der Waals surface area contributed by atoms with Crippen molar-refractivity contribution in [3.05, 3.63) is 29.8 Å². The van der Waals surface area contributed by atoms with E-state index in [1.54, 1.807) is 24.3 Å². The van der Waals surface area contributed by atoms with Crippen LogP contribution in [0.3, 0.4) is 0 Å². The van der Waals surface area contributed by atoms with Gasteiger partial charge < -0.3 is 9.84 Å². The number of halogens is 3. The van der Waals surface area contributed by atoms with Crippen molar-refractivity contribution in [1.82, 2.24) is 4.90 Å². The second-order valence-electron chi connectivity index (χ2n) is 5.09. The van der Waals surface area contributed by atoms with Crippen molar-refractivity contribution in [3.8, 4) is 5.75 Å². The van der Waals surface area contributed by atoms with Gasteiger partial charge in [-0.15, -0.1) is 0 Å². The van der Waals surface area contributed by atoms with Gasteiger partial charge in [0.15, 0.2) is 0 Å². The second-order valence-corrected chi connectivity index (χ2v) is 5.09. The van der Waals surface area contributed by atoms with Gasteiger partial charge in [0.25, 0.3) is 0 Å². The second kappa shape index (κ2) is 6.34. The van der Waals surface area contributed by atoms with Crippen LogP contribution in [-0.2, 0) is 11.3 Å². The maximum Gasteiger partial charge on any atom is 0.392 e. The summed E-state index contributed by atoms with van der Waals surface area (Å²) in [5, 5.41) is 8.77. The van der Waals surface area contributed by atoms with Crippen LogP contribution < -0.4 is 4.74 Å². The summed E-state index contributed by atoms with van der Waals surface area (Å²) in [7, 11) is 0. The molecule has 0 amide bonds. The first-order valence-corrected chi connectivity index (χ1v) is 6.57. The molecule has 0 saturated carbocycles. The summed E-state index contributed by atoms with van der Waals surface area (Å²) in [6.45, 7) is 1.29. The molecule has 1 aliphatic rings. The van der Waals surface area contributed by atoms with Gasteiger partial charge in [-0.1, -0.05) is 12.1 Å². The number of alkyl halides is 3. The van der Waals surface area contributed by atoms with Crippen molar-refractivity contribution in [3.63, 3.8) is 0 Å². The number of carbonyl (C=O) groups is 1. The molecule has 0 radical (unpaired) electrons. The predicted molar refractivity (Wildman–Crippen MR) is 69.0 cm³/mol. The maximum absolute atomic E-state index is 12.0. The lowest BCUT2D eigenvalue weighted by molar-refractivity contribution is -0.147. The molecule has 1 heterocycles. The molecule has 1 fully saturated rings. The molecular weight excluding hydrogens is 287 g/mol. The molecule has 0 spiro atoms. The van der Waals surface area contributed by atoms with Crippen LogP contribution in [0, 0.1) is 5.92 Å². The van der Waals surface area contributed by atoms with Gasteiger partial charge in [0, 0.05) is 19.6 Å². The third-order valence-electron chi connectivity index (χ3n) is 3.29. The van der Waals surface area contributed by atoms with Crippen LogP contribution in [0.1, 0.15) is 12.0 Å². The van der Waals surface area contributed by atoms with Crippen molar-refractivity contribution in [2.24, 2.45) is 5.92 Å². The summed E-state index contributed by atoms with van der Waals surface area (Å²) in [6, 6.07) is 6.80. The van der Waals surface area contributed by atoms with E-state index in [4.69, 9.17) is 9.84 Å². The van der Waals surface area contributed by atoms with Crippen LogP contribution in [0.2, 0.25) is 0 Å². The molecule has 116 valence electrons. The van der Waals surface area contributed by atoms with E-state index in [9.17, 15) is 18.0 Å². The van der Waals surface area contributed by atoms with Gasteiger partial charge in [-0.05, 0) is 17.7 Å². The Labute approximate surface area is 120 Å². The number of aliphatic carboxylic acids is 1. The van der Waals surface area contributed by atoms with Crippen LogP contribution in [0.5, 0.6) is 5.75 Å². The average molecular weight is 303 g/mol. The summed E-state index contributed by atoms with van der Waals surface area (Å²) >= 11 is 0. The highest BCUT2D eigenvalue weighted by Gasteiger charge is 2.32. The first kappa shape index (κ1) is 15.6. The van der Waals surface area contributed by atoms with Gasteiger partial charge in [-0.25, -0.2) is 0 Å². The fourth-order valence-corrected chi connectivity index (χ4v) is 2.09. The van der Waals surface area contributed by atoms with E-state index < -0.39 is 25.2 Å². The number of rotatable bonds is 6. The third kappa shape index (κ3) is 4.93. The molecule has 4 nitrogen and oxygen atoms in total. The third-order valence-corrected chi connectivity index (χ3v) is 3.29. The van der Waals surface area contributed by atoms with Crippen LogP contribution in [-0.4, -0.2) is 41.8 Å². The van der Waals surface area contributed by atoms with Gasteiger partial charge in [0.2, 0.25) is 0 Å². The highest BCUT2D eigenvalue weighted by atomic mass is 19.4. The van der Waals surface area contributed by atoms with Crippen LogP contribution in [0.25, 0.3) is 0 Å². The van der Waals surface area contributed by atoms with Gasteiger partial charge in [-0.3, -0.25) is 9.69 Å². The largest absolute Gasteiger partial charge is 0.493 e. The van der Waals surface area contributed by atoms with Gasteiger partial charge >= 0.3 is 12.1 Å². The number of likely N-dealkylation sites (tertiary alicyclic amines) is 1. The number of nitrogens with zero attached hydrogens (tertiary/aromatic N) is 1. The lowest BCUT2D eigenvalue weighted by Crippen LogP contribution is -2.49. The van der Waals surface area contributed by atoms with E-state index in [2.05, 4.69) is 0 Å². The number of hydrogen-bond donors (Lipinski definition) is 1. The standard InChI is InChI=1S/C14H16F3NO3/c15-14(16,17)5-6-21-12-3-1-10(2-4-12)7-18-8-11(9-18)13(19)20/h1-4,11H,5-9H2,(H,19,20). The number of benzene rings is 1. The molecule has 1 N–H and O–H groups in total. The normalized spacial score (nSPS) is 16.5. The molecule has 1 aromatic rings. The minimum Gasteiger partial charge on any atom is -0.493 e. The highest BCUT2D eigenvalue weighted by Crippen LogP contribution is 2.22. The predicted octanol–water partition coefficient (Wildman–Crippen LogP) is 2.53. The minimum absolute atomic E-state index is 0.296. The van der Waals surface area contributed by atoms with Crippen molar-refractivity contribution in [2.75, 3.05) is 19.7 Å². The highest BCUT2D eigenvalue weighted by molar-refractivity contribution is 5.71. The topological polar surface area (TPSA) is 49.8 Å². The molecular formula is C14H16F3NO3. The van der Waals surface area contributed by atoms with E-state index in [1.165, 1.54) is 0 Å². The van der Waals surface area contributed by atoms with E-state index in [0.717, 1.165) is 5.56 Å². The smallest absolute Gasteiger partial charge is 0.392 e. The fourth-order valence-electron chi connectivity index (χ4n) is 2.09. The van der Waals surface area contributed by atoms with Crippen molar-refractivity contribution in [1.29, 1.82) is 0 Å². The Kier molecular flexibility index (Phi) is 4.72. The first-order chi connectivity index (χ1) is 9.83. The zero-order chi connectivity index (χ0) is 15.5. The van der Waals surface area contributed by atoms with Crippen LogP contribution in [0.4, 0.5) is 13.2 Å². The van der Waals surface area contributed by atoms with Crippen LogP contribution >= 0.6 is 0 Å². The molecule has 1 aromatic carbocycles. The Morgan fingerprint density at radius 1 is 1.29 bits per heavy atom. The van der Waals surface area contributed by atoms with Crippen LogP contribution in [0.15, 0.2) is 24.3 Å². The molecule has 0 bridgehead atoms. The van der Waals surface area contributed by atoms with Gasteiger partial charge in [0.1, 0.15) is 5.75 Å². The molecule has 0 unspecified atom stereocenters. The summed E-state index contributed by atoms with van der Waals surface area (Å²) < 4.78 is 40.9. The quantitative estimate of drug-likeness (QED) is 0.877. The Hall–Kier alpha value is -1.76. The number of carboxylic acids is 1. The number of hydrogen-bond acceptors (Lipinski definition) is 3. The SMILES string of the molecule is O=C(O)C1CN(Cc2ccc(OCCC(F)(F)F)cc2)C1. The molecule has 7 heteroatoms. The molecule has 1 saturated heterocycles. The molecule has 1 aliphatic heterocycles. The summed E-state index contributed by atoms with van der Waals surface area (Å²) in [5.74, 6) is -0.676. The molecule has 0 aliphatic carbocycles. The maximum atomic E-state index is 12.0. The van der Waals surface area contributed by atoms with E-state index in [0.29, 0.717) is 25.4 Å². The zero-order valence-electron chi connectivity index (χ0n) is 11.3. The monoisotopic (exact) mass is 303 g/mol. The lowest BCUT2D eigenvalue weighted by Gasteiger charge is -2.36. The van der Waals surface area contributed by atoms with E-state index >= 15 is 0 Å². The Morgan fingerprint density at radius 3 is 2.43 bits per heavy atom. The van der Waals surface area contributed by atoms with Gasteiger partial charge in [0.05, 0.1) is 18.9 Å². The summed E-state index contributed by atoms with van der Waals surface area (Å²) in [5.41, 5.74) is 0.974. The summed E-state index contributed by atoms with van der Waals surface area (Å²) in [4.78, 5) is 12.7. The molecule has 0 aromatic heterocycles. The van der Waals surface area contributed by atoms with Gasteiger partial charge in [-0.2, -0.15) is 13.2 Å². The Morgan fingerprint density at radius 2 is 1.90 bits per heavy atom. The van der Waals surface area contributed by atoms with Crippen molar-refractivity contribution < 1.29 is 27.8 Å². The molecule has 21 heavy (non-hydrogen) atoms. The lowest BCUT2D eigenvalue weighted by atomic mass is 10.00. The fraction of sp³-hybridized carbons (Fsp3) is 0.500. The zero-order valence-corrected chi connectivity index (χ0v) is 11.3. The first-order valence-electron chi connectivity index (χ1n) is 6.57. The Bertz CT molecular complexity index is 481. The number of carboxylic acid groups (broad SMARTS) is 1.